The van der Waals surface area contributed by atoms with Gasteiger partial charge in [-0.15, -0.1) is 0 Å². The van der Waals surface area contributed by atoms with Gasteiger partial charge in [0, 0.05) is 38.8 Å². The van der Waals surface area contributed by atoms with Crippen molar-refractivity contribution in [3.05, 3.63) is 0 Å². The number of aliphatic imine (C=N–C) groups is 1. The molecule has 0 bridgehead atoms. The van der Waals surface area contributed by atoms with Crippen LogP contribution >= 0.6 is 0 Å². The number of hydrogen-bond donors (Lipinski definition) is 2. The van der Waals surface area contributed by atoms with E-state index in [9.17, 15) is 13.2 Å². The monoisotopic (exact) mass is 349 g/mol. The quantitative estimate of drug-likeness (QED) is 0.583. The molecule has 2 atom stereocenters. The lowest BCUT2D eigenvalue weighted by Crippen LogP contribution is -2.45. The van der Waals surface area contributed by atoms with Crippen LogP contribution < -0.4 is 10.6 Å². The molecule has 2 heterocycles. The number of rotatable bonds is 5. The van der Waals surface area contributed by atoms with Gasteiger partial charge in [-0.1, -0.05) is 0 Å². The number of piperidine rings is 1. The van der Waals surface area contributed by atoms with Crippen molar-refractivity contribution < 1.29 is 13.2 Å². The Kier molecular flexibility index (Phi) is 7.16. The number of nitrogens with one attached hydrogen (secondary N) is 2. The molecule has 0 spiro atoms. The highest BCUT2D eigenvalue weighted by Crippen LogP contribution is 2.20. The van der Waals surface area contributed by atoms with E-state index in [0.29, 0.717) is 25.4 Å². The van der Waals surface area contributed by atoms with E-state index in [1.807, 2.05) is 6.92 Å². The Hall–Kier alpha value is -1.02. The first kappa shape index (κ1) is 19.3. The zero-order chi connectivity index (χ0) is 17.6. The fraction of sp³-hybridized carbons (Fsp3) is 0.938. The van der Waals surface area contributed by atoms with Gasteiger partial charge in [-0.2, -0.15) is 13.2 Å². The first-order valence-corrected chi connectivity index (χ1v) is 8.88. The minimum atomic E-state index is -4.12. The number of hydrogen-bond acceptors (Lipinski definition) is 3. The molecule has 0 aromatic carbocycles. The summed E-state index contributed by atoms with van der Waals surface area (Å²) in [5.41, 5.74) is 0. The molecule has 8 heteroatoms. The lowest BCUT2D eigenvalue weighted by Gasteiger charge is -2.29. The molecule has 0 amide bonds. The van der Waals surface area contributed by atoms with Crippen LogP contribution in [0.15, 0.2) is 4.99 Å². The van der Waals surface area contributed by atoms with Crippen molar-refractivity contribution in [2.45, 2.75) is 38.4 Å². The molecule has 2 aliphatic rings. The molecule has 2 N–H and O–H groups in total. The second-order valence-electron chi connectivity index (χ2n) is 6.97. The van der Waals surface area contributed by atoms with E-state index in [1.165, 1.54) is 17.7 Å². The van der Waals surface area contributed by atoms with Gasteiger partial charge in [-0.3, -0.25) is 9.89 Å². The predicted molar refractivity (Wildman–Crippen MR) is 90.2 cm³/mol. The van der Waals surface area contributed by atoms with Crippen LogP contribution in [0.4, 0.5) is 13.2 Å². The standard InChI is InChI=1S/C16H30F3N5/c1-3-20-15(21-9-13-5-4-7-23(2)10-13)22-14-6-8-24(11-14)12-16(17,18)19/h13-14H,3-12H2,1-2H3,(H2,20,21,22). The summed E-state index contributed by atoms with van der Waals surface area (Å²) in [4.78, 5) is 8.45. The average molecular weight is 349 g/mol. The third-order valence-electron chi connectivity index (χ3n) is 4.59. The van der Waals surface area contributed by atoms with Crippen LogP contribution in [0.3, 0.4) is 0 Å². The van der Waals surface area contributed by atoms with Gasteiger partial charge in [0.05, 0.1) is 6.54 Å². The van der Waals surface area contributed by atoms with Crippen LogP contribution in [-0.4, -0.2) is 80.8 Å². The molecule has 2 saturated heterocycles. The summed E-state index contributed by atoms with van der Waals surface area (Å²) in [7, 11) is 2.13. The van der Waals surface area contributed by atoms with Gasteiger partial charge in [-0.25, -0.2) is 0 Å². The third-order valence-corrected chi connectivity index (χ3v) is 4.59. The van der Waals surface area contributed by atoms with Crippen LogP contribution in [0, 0.1) is 5.92 Å². The van der Waals surface area contributed by atoms with Crippen molar-refractivity contribution in [3.63, 3.8) is 0 Å². The Labute approximate surface area is 142 Å². The summed E-state index contributed by atoms with van der Waals surface area (Å²) >= 11 is 0. The minimum Gasteiger partial charge on any atom is -0.357 e. The molecule has 140 valence electrons. The maximum Gasteiger partial charge on any atom is 0.401 e. The molecule has 0 radical (unpaired) electrons. The number of nitrogens with zero attached hydrogens (tertiary/aromatic N) is 3. The second-order valence-corrected chi connectivity index (χ2v) is 6.97. The van der Waals surface area contributed by atoms with Gasteiger partial charge in [-0.05, 0) is 45.7 Å². The van der Waals surface area contributed by atoms with Crippen molar-refractivity contribution in [2.75, 3.05) is 52.9 Å². The Bertz CT molecular complexity index is 413. The van der Waals surface area contributed by atoms with Gasteiger partial charge >= 0.3 is 6.18 Å². The van der Waals surface area contributed by atoms with Crippen LogP contribution in [0.1, 0.15) is 26.2 Å². The Balaban J connectivity index is 1.81. The Morgan fingerprint density at radius 1 is 1.21 bits per heavy atom. The van der Waals surface area contributed by atoms with Crippen molar-refractivity contribution in [2.24, 2.45) is 10.9 Å². The average Bonchev–Trinajstić information content (AvgIpc) is 2.90. The molecule has 0 aromatic rings. The molecule has 2 fully saturated rings. The first-order chi connectivity index (χ1) is 11.4. The Morgan fingerprint density at radius 2 is 2.00 bits per heavy atom. The molecule has 0 aromatic heterocycles. The molecular weight excluding hydrogens is 319 g/mol. The molecule has 0 aliphatic carbocycles. The molecule has 2 aliphatic heterocycles. The van der Waals surface area contributed by atoms with Gasteiger partial charge in [0.25, 0.3) is 0 Å². The van der Waals surface area contributed by atoms with Crippen LogP contribution in [0.25, 0.3) is 0 Å². The summed E-state index contributed by atoms with van der Waals surface area (Å²) in [5.74, 6) is 1.29. The highest BCUT2D eigenvalue weighted by atomic mass is 19.4. The minimum absolute atomic E-state index is 0.0270. The van der Waals surface area contributed by atoms with E-state index in [-0.39, 0.29) is 6.04 Å². The largest absolute Gasteiger partial charge is 0.401 e. The molecule has 2 unspecified atom stereocenters. The highest BCUT2D eigenvalue weighted by Gasteiger charge is 2.34. The zero-order valence-corrected chi connectivity index (χ0v) is 14.7. The van der Waals surface area contributed by atoms with Crippen molar-refractivity contribution >= 4 is 5.96 Å². The van der Waals surface area contributed by atoms with E-state index >= 15 is 0 Å². The van der Waals surface area contributed by atoms with Crippen molar-refractivity contribution in [1.29, 1.82) is 0 Å². The first-order valence-electron chi connectivity index (χ1n) is 8.88. The summed E-state index contributed by atoms with van der Waals surface area (Å²) in [6, 6.07) is 0.0270. The lowest BCUT2D eigenvalue weighted by molar-refractivity contribution is -0.143. The van der Waals surface area contributed by atoms with Crippen LogP contribution in [0.2, 0.25) is 0 Å². The summed E-state index contributed by atoms with van der Waals surface area (Å²) in [6.45, 7) is 5.78. The number of likely N-dealkylation sites (tertiary alicyclic amines) is 2. The number of guanidine groups is 1. The smallest absolute Gasteiger partial charge is 0.357 e. The zero-order valence-electron chi connectivity index (χ0n) is 14.7. The molecule has 24 heavy (non-hydrogen) atoms. The summed E-state index contributed by atoms with van der Waals surface area (Å²) in [6.07, 6.45) is -1.02. The van der Waals surface area contributed by atoms with Crippen molar-refractivity contribution in [1.82, 2.24) is 20.4 Å². The van der Waals surface area contributed by atoms with Crippen LogP contribution in [0.5, 0.6) is 0 Å². The SMILES string of the molecule is CCNC(=NCC1CCCN(C)C1)NC1CCN(CC(F)(F)F)C1. The maximum absolute atomic E-state index is 12.5. The van der Waals surface area contributed by atoms with Gasteiger partial charge in [0.1, 0.15) is 0 Å². The van der Waals surface area contributed by atoms with Gasteiger partial charge in [0.2, 0.25) is 0 Å². The van der Waals surface area contributed by atoms with Gasteiger partial charge in [0.15, 0.2) is 5.96 Å². The van der Waals surface area contributed by atoms with E-state index in [0.717, 1.165) is 32.1 Å². The normalized spacial score (nSPS) is 27.5. The van der Waals surface area contributed by atoms with Crippen molar-refractivity contribution in [3.8, 4) is 0 Å². The molecule has 2 rings (SSSR count). The predicted octanol–water partition coefficient (Wildman–Crippen LogP) is 1.52. The third kappa shape index (κ3) is 6.84. The molecule has 0 saturated carbocycles. The maximum atomic E-state index is 12.5. The summed E-state index contributed by atoms with van der Waals surface area (Å²) < 4.78 is 37.4. The van der Waals surface area contributed by atoms with E-state index in [2.05, 4.69) is 27.6 Å². The van der Waals surface area contributed by atoms with Gasteiger partial charge < -0.3 is 15.5 Å². The van der Waals surface area contributed by atoms with E-state index < -0.39 is 12.7 Å². The lowest BCUT2D eigenvalue weighted by atomic mass is 9.99. The number of halogens is 3. The van der Waals surface area contributed by atoms with Crippen LogP contribution in [-0.2, 0) is 0 Å². The molecular formula is C16H30F3N5. The van der Waals surface area contributed by atoms with E-state index in [1.54, 1.807) is 0 Å². The number of alkyl halides is 3. The topological polar surface area (TPSA) is 42.9 Å². The Morgan fingerprint density at radius 3 is 2.67 bits per heavy atom. The fourth-order valence-corrected chi connectivity index (χ4v) is 3.50. The second kappa shape index (κ2) is 8.89. The fourth-order valence-electron chi connectivity index (χ4n) is 3.50. The van der Waals surface area contributed by atoms with E-state index in [4.69, 9.17) is 0 Å². The summed E-state index contributed by atoms with van der Waals surface area (Å²) in [5, 5.41) is 6.51. The molecule has 5 nitrogen and oxygen atoms in total. The highest BCUT2D eigenvalue weighted by molar-refractivity contribution is 5.80.